The predicted octanol–water partition coefficient (Wildman–Crippen LogP) is 2.02. The van der Waals surface area contributed by atoms with Crippen molar-refractivity contribution in [3.63, 3.8) is 0 Å². The summed E-state index contributed by atoms with van der Waals surface area (Å²) >= 11 is 0. The van der Waals surface area contributed by atoms with E-state index in [9.17, 15) is 9.59 Å². The van der Waals surface area contributed by atoms with E-state index in [0.717, 1.165) is 6.42 Å². The Morgan fingerprint density at radius 1 is 1.10 bits per heavy atom. The zero-order valence-electron chi connectivity index (χ0n) is 13.7. The molecule has 1 unspecified atom stereocenters. The lowest BCUT2D eigenvalue weighted by Crippen LogP contribution is -2.51. The van der Waals surface area contributed by atoms with Crippen molar-refractivity contribution in [1.29, 1.82) is 0 Å². The summed E-state index contributed by atoms with van der Waals surface area (Å²) in [5, 5.41) is 14.7. The van der Waals surface area contributed by atoms with E-state index < -0.39 is 11.5 Å². The molecule has 0 aliphatic carbocycles. The molecule has 0 saturated carbocycles. The van der Waals surface area contributed by atoms with Crippen molar-refractivity contribution >= 4 is 11.9 Å². The van der Waals surface area contributed by atoms with E-state index in [1.165, 1.54) is 0 Å². The Bertz CT molecular complexity index is 333. The van der Waals surface area contributed by atoms with E-state index in [-0.39, 0.29) is 23.7 Å². The van der Waals surface area contributed by atoms with Gasteiger partial charge >= 0.3 is 5.97 Å². The Morgan fingerprint density at radius 3 is 2.05 bits per heavy atom. The van der Waals surface area contributed by atoms with Gasteiger partial charge in [-0.1, -0.05) is 20.8 Å². The zero-order valence-corrected chi connectivity index (χ0v) is 13.7. The molecule has 3 N–H and O–H groups in total. The maximum atomic E-state index is 11.9. The van der Waals surface area contributed by atoms with Gasteiger partial charge in [0.15, 0.2) is 0 Å². The van der Waals surface area contributed by atoms with Crippen LogP contribution in [0.3, 0.4) is 0 Å². The predicted molar refractivity (Wildman–Crippen MR) is 80.6 cm³/mol. The summed E-state index contributed by atoms with van der Waals surface area (Å²) in [4.78, 5) is 22.6. The van der Waals surface area contributed by atoms with Crippen molar-refractivity contribution in [1.82, 2.24) is 10.6 Å². The molecule has 0 aliphatic heterocycles. The number of hydrogen-bond acceptors (Lipinski definition) is 3. The maximum absolute atomic E-state index is 11.9. The molecule has 0 heterocycles. The summed E-state index contributed by atoms with van der Waals surface area (Å²) < 4.78 is 0. The third-order valence-electron chi connectivity index (χ3n) is 3.90. The SMILES string of the molecule is CNC(C)(C)C(=O)NCCC(CCC(=O)O)C(C)(C)C. The highest BCUT2D eigenvalue weighted by Gasteiger charge is 2.27. The third-order valence-corrected chi connectivity index (χ3v) is 3.90. The quantitative estimate of drug-likeness (QED) is 0.638. The molecule has 0 spiro atoms. The number of carbonyl (C=O) groups is 2. The number of rotatable bonds is 8. The Labute approximate surface area is 122 Å². The van der Waals surface area contributed by atoms with E-state index in [2.05, 4.69) is 31.4 Å². The summed E-state index contributed by atoms with van der Waals surface area (Å²) in [6.07, 6.45) is 1.62. The second kappa shape index (κ2) is 7.62. The molecule has 0 aromatic carbocycles. The van der Waals surface area contributed by atoms with Gasteiger partial charge in [-0.25, -0.2) is 0 Å². The highest BCUT2D eigenvalue weighted by atomic mass is 16.4. The largest absolute Gasteiger partial charge is 0.481 e. The summed E-state index contributed by atoms with van der Waals surface area (Å²) in [5.41, 5.74) is -0.545. The van der Waals surface area contributed by atoms with E-state index in [4.69, 9.17) is 5.11 Å². The van der Waals surface area contributed by atoms with Crippen molar-refractivity contribution in [2.75, 3.05) is 13.6 Å². The minimum atomic E-state index is -0.764. The van der Waals surface area contributed by atoms with E-state index >= 15 is 0 Å². The molecular weight excluding hydrogens is 256 g/mol. The van der Waals surface area contributed by atoms with Crippen LogP contribution in [0, 0.1) is 11.3 Å². The van der Waals surface area contributed by atoms with Crippen LogP contribution in [0.5, 0.6) is 0 Å². The fourth-order valence-corrected chi connectivity index (χ4v) is 2.00. The minimum Gasteiger partial charge on any atom is -0.481 e. The normalized spacial score (nSPS) is 13.9. The fraction of sp³-hybridized carbons (Fsp3) is 0.867. The van der Waals surface area contributed by atoms with Gasteiger partial charge in [-0.2, -0.15) is 0 Å². The van der Waals surface area contributed by atoms with Crippen LogP contribution in [-0.2, 0) is 9.59 Å². The molecule has 1 atom stereocenters. The zero-order chi connectivity index (χ0) is 16.0. The smallest absolute Gasteiger partial charge is 0.303 e. The first kappa shape index (κ1) is 18.9. The first-order valence-electron chi connectivity index (χ1n) is 7.19. The van der Waals surface area contributed by atoms with Crippen molar-refractivity contribution < 1.29 is 14.7 Å². The van der Waals surface area contributed by atoms with Gasteiger partial charge in [0, 0.05) is 13.0 Å². The molecule has 20 heavy (non-hydrogen) atoms. The number of amides is 1. The first-order chi connectivity index (χ1) is 9.00. The van der Waals surface area contributed by atoms with Crippen LogP contribution in [0.1, 0.15) is 53.9 Å². The first-order valence-corrected chi connectivity index (χ1v) is 7.19. The van der Waals surface area contributed by atoms with Crippen LogP contribution in [-0.4, -0.2) is 36.1 Å². The molecule has 0 rings (SSSR count). The number of nitrogens with one attached hydrogen (secondary N) is 2. The average molecular weight is 286 g/mol. The second-order valence-electron chi connectivity index (χ2n) is 6.91. The van der Waals surface area contributed by atoms with Gasteiger partial charge in [0.1, 0.15) is 0 Å². The van der Waals surface area contributed by atoms with Gasteiger partial charge in [-0.15, -0.1) is 0 Å². The summed E-state index contributed by atoms with van der Waals surface area (Å²) in [6.45, 7) is 10.6. The molecule has 0 fully saturated rings. The molecule has 0 radical (unpaired) electrons. The van der Waals surface area contributed by atoms with Crippen molar-refractivity contribution in [3.8, 4) is 0 Å². The number of carboxylic acids is 1. The van der Waals surface area contributed by atoms with E-state index in [1.807, 2.05) is 13.8 Å². The number of hydrogen-bond donors (Lipinski definition) is 3. The van der Waals surface area contributed by atoms with Crippen LogP contribution in [0.2, 0.25) is 0 Å². The monoisotopic (exact) mass is 286 g/mol. The topological polar surface area (TPSA) is 78.4 Å². The van der Waals surface area contributed by atoms with Gasteiger partial charge < -0.3 is 15.7 Å². The van der Waals surface area contributed by atoms with Crippen LogP contribution in [0.4, 0.5) is 0 Å². The molecular formula is C15H30N2O3. The molecule has 0 bridgehead atoms. The third kappa shape index (κ3) is 6.89. The van der Waals surface area contributed by atoms with Crippen molar-refractivity contribution in [2.24, 2.45) is 11.3 Å². The summed E-state index contributed by atoms with van der Waals surface area (Å²) in [5.74, 6) is -0.526. The van der Waals surface area contributed by atoms with Crippen LogP contribution in [0.25, 0.3) is 0 Å². The number of carbonyl (C=O) groups excluding carboxylic acids is 1. The fourth-order valence-electron chi connectivity index (χ4n) is 2.00. The van der Waals surface area contributed by atoms with Gasteiger partial charge in [0.2, 0.25) is 5.91 Å². The standard InChI is InChI=1S/C15H30N2O3/c1-14(2,3)11(7-8-12(18)19)9-10-17-13(20)15(4,5)16-6/h11,16H,7-10H2,1-6H3,(H,17,20)(H,18,19). The number of carboxylic acid groups (broad SMARTS) is 1. The minimum absolute atomic E-state index is 0.0362. The Kier molecular flexibility index (Phi) is 7.20. The van der Waals surface area contributed by atoms with E-state index in [0.29, 0.717) is 13.0 Å². The highest BCUT2D eigenvalue weighted by Crippen LogP contribution is 2.32. The molecule has 0 aromatic rings. The molecule has 0 aromatic heterocycles. The van der Waals surface area contributed by atoms with E-state index in [1.54, 1.807) is 7.05 Å². The lowest BCUT2D eigenvalue weighted by molar-refractivity contribution is -0.137. The van der Waals surface area contributed by atoms with Crippen LogP contribution < -0.4 is 10.6 Å². The van der Waals surface area contributed by atoms with Crippen molar-refractivity contribution in [2.45, 2.75) is 59.4 Å². The summed E-state index contributed by atoms with van der Waals surface area (Å²) in [7, 11) is 1.75. The van der Waals surface area contributed by atoms with Crippen LogP contribution in [0.15, 0.2) is 0 Å². The van der Waals surface area contributed by atoms with Crippen LogP contribution >= 0.6 is 0 Å². The molecule has 0 saturated heterocycles. The van der Waals surface area contributed by atoms with Gasteiger partial charge in [0.25, 0.3) is 0 Å². The second-order valence-corrected chi connectivity index (χ2v) is 6.91. The van der Waals surface area contributed by atoms with Gasteiger partial charge in [-0.05, 0) is 45.1 Å². The Morgan fingerprint density at radius 2 is 1.65 bits per heavy atom. The molecule has 1 amide bonds. The molecule has 0 aliphatic rings. The maximum Gasteiger partial charge on any atom is 0.303 e. The highest BCUT2D eigenvalue weighted by molar-refractivity contribution is 5.85. The van der Waals surface area contributed by atoms with Gasteiger partial charge in [-0.3, -0.25) is 9.59 Å². The van der Waals surface area contributed by atoms with Crippen molar-refractivity contribution in [3.05, 3.63) is 0 Å². The molecule has 118 valence electrons. The molecule has 5 heteroatoms. The lowest BCUT2D eigenvalue weighted by atomic mass is 9.76. The summed E-state index contributed by atoms with van der Waals surface area (Å²) in [6, 6.07) is 0. The number of likely N-dealkylation sites (N-methyl/N-ethyl adjacent to an activating group) is 1. The lowest BCUT2D eigenvalue weighted by Gasteiger charge is -2.31. The Hall–Kier alpha value is -1.10. The number of aliphatic carboxylic acids is 1. The van der Waals surface area contributed by atoms with Gasteiger partial charge in [0.05, 0.1) is 5.54 Å². The Balaban J connectivity index is 4.35. The average Bonchev–Trinajstić information content (AvgIpc) is 2.31. The molecule has 5 nitrogen and oxygen atoms in total.